The largest absolute Gasteiger partial charge is 0.456 e. The normalized spacial score (nSPS) is 10.5. The number of benzene rings is 1. The molecule has 0 aliphatic carbocycles. The number of carbonyl (C=O) groups is 1. The van der Waals surface area contributed by atoms with Crippen molar-refractivity contribution in [3.8, 4) is 0 Å². The number of carbonyl (C=O) groups excluding carboxylic acids is 1. The fraction of sp³-hybridized carbons (Fsp3) is 0.267. The van der Waals surface area contributed by atoms with Gasteiger partial charge in [0.15, 0.2) is 5.76 Å². The Morgan fingerprint density at radius 1 is 1.26 bits per heavy atom. The van der Waals surface area contributed by atoms with Crippen molar-refractivity contribution in [1.82, 2.24) is 0 Å². The smallest absolute Gasteiger partial charge is 0.291 e. The van der Waals surface area contributed by atoms with E-state index in [2.05, 4.69) is 5.32 Å². The third-order valence-electron chi connectivity index (χ3n) is 3.00. The van der Waals surface area contributed by atoms with Gasteiger partial charge in [0.25, 0.3) is 5.91 Å². The van der Waals surface area contributed by atoms with E-state index in [9.17, 15) is 4.79 Å². The zero-order valence-electron chi connectivity index (χ0n) is 11.1. The lowest BCUT2D eigenvalue weighted by atomic mass is 10.1. The minimum absolute atomic E-state index is 0.122. The van der Waals surface area contributed by atoms with Gasteiger partial charge in [-0.05, 0) is 49.6 Å². The van der Waals surface area contributed by atoms with Gasteiger partial charge in [-0.25, -0.2) is 0 Å². The summed E-state index contributed by atoms with van der Waals surface area (Å²) in [6.45, 7) is 3.85. The van der Waals surface area contributed by atoms with Crippen molar-refractivity contribution in [3.05, 3.63) is 53.0 Å². The maximum absolute atomic E-state index is 11.9. The number of anilines is 1. The Balaban J connectivity index is 2.06. The summed E-state index contributed by atoms with van der Waals surface area (Å²) in [7, 11) is 0. The van der Waals surface area contributed by atoms with Gasteiger partial charge in [0.1, 0.15) is 5.76 Å². The first-order valence-corrected chi connectivity index (χ1v) is 6.18. The Morgan fingerprint density at radius 3 is 2.47 bits per heavy atom. The van der Waals surface area contributed by atoms with E-state index in [1.54, 1.807) is 6.07 Å². The van der Waals surface area contributed by atoms with E-state index in [1.807, 2.05) is 38.1 Å². The molecule has 2 N–H and O–H groups in total. The molecule has 0 saturated carbocycles. The number of aliphatic hydroxyl groups is 1. The number of nitrogens with one attached hydrogen (secondary N) is 1. The summed E-state index contributed by atoms with van der Waals surface area (Å²) in [5.41, 5.74) is 2.70. The second-order valence-electron chi connectivity index (χ2n) is 4.47. The number of furan rings is 1. The number of hydrogen-bond acceptors (Lipinski definition) is 3. The van der Waals surface area contributed by atoms with Crippen molar-refractivity contribution in [2.45, 2.75) is 20.3 Å². The molecule has 4 heteroatoms. The molecule has 100 valence electrons. The van der Waals surface area contributed by atoms with E-state index in [0.717, 1.165) is 16.9 Å². The highest BCUT2D eigenvalue weighted by molar-refractivity contribution is 6.02. The number of aryl methyl sites for hydroxylation is 2. The maximum atomic E-state index is 11.9. The SMILES string of the molecule is Cc1cc(C(=O)Nc2ccc(CCO)cc2)oc1C. The van der Waals surface area contributed by atoms with Gasteiger partial charge in [-0.3, -0.25) is 4.79 Å². The van der Waals surface area contributed by atoms with Gasteiger partial charge in [0.05, 0.1) is 0 Å². The average Bonchev–Trinajstić information content (AvgIpc) is 2.72. The average molecular weight is 259 g/mol. The van der Waals surface area contributed by atoms with Crippen molar-refractivity contribution in [1.29, 1.82) is 0 Å². The number of hydrogen-bond donors (Lipinski definition) is 2. The van der Waals surface area contributed by atoms with Crippen LogP contribution in [0.15, 0.2) is 34.7 Å². The van der Waals surface area contributed by atoms with Crippen molar-refractivity contribution < 1.29 is 14.3 Å². The van der Waals surface area contributed by atoms with Crippen LogP contribution in [0.5, 0.6) is 0 Å². The standard InChI is InChI=1S/C15H17NO3/c1-10-9-14(19-11(10)2)15(18)16-13-5-3-12(4-6-13)7-8-17/h3-6,9,17H,7-8H2,1-2H3,(H,16,18). The second-order valence-corrected chi connectivity index (χ2v) is 4.47. The molecule has 2 rings (SSSR count). The van der Waals surface area contributed by atoms with Crippen LogP contribution in [0, 0.1) is 13.8 Å². The molecule has 0 radical (unpaired) electrons. The Bertz CT molecular complexity index is 550. The summed E-state index contributed by atoms with van der Waals surface area (Å²) in [6, 6.07) is 9.11. The van der Waals surface area contributed by atoms with Crippen LogP contribution < -0.4 is 5.32 Å². The third kappa shape index (κ3) is 3.23. The number of aliphatic hydroxyl groups excluding tert-OH is 1. The zero-order valence-corrected chi connectivity index (χ0v) is 11.1. The highest BCUT2D eigenvalue weighted by Gasteiger charge is 2.12. The van der Waals surface area contributed by atoms with Crippen LogP contribution >= 0.6 is 0 Å². The van der Waals surface area contributed by atoms with E-state index in [1.165, 1.54) is 0 Å². The monoisotopic (exact) mass is 259 g/mol. The van der Waals surface area contributed by atoms with Gasteiger partial charge in [0.2, 0.25) is 0 Å². The Hall–Kier alpha value is -2.07. The van der Waals surface area contributed by atoms with Crippen molar-refractivity contribution in [3.63, 3.8) is 0 Å². The lowest BCUT2D eigenvalue weighted by Crippen LogP contribution is -2.10. The first kappa shape index (κ1) is 13.4. The Labute approximate surface area is 112 Å². The fourth-order valence-electron chi connectivity index (χ4n) is 1.76. The summed E-state index contributed by atoms with van der Waals surface area (Å²) in [6.07, 6.45) is 0.616. The molecule has 0 fully saturated rings. The predicted octanol–water partition coefficient (Wildman–Crippen LogP) is 2.68. The lowest BCUT2D eigenvalue weighted by Gasteiger charge is -2.04. The Kier molecular flexibility index (Phi) is 4.02. The van der Waals surface area contributed by atoms with Gasteiger partial charge in [-0.1, -0.05) is 12.1 Å². The zero-order chi connectivity index (χ0) is 13.8. The molecule has 4 nitrogen and oxygen atoms in total. The molecule has 0 bridgehead atoms. The predicted molar refractivity (Wildman–Crippen MR) is 73.4 cm³/mol. The highest BCUT2D eigenvalue weighted by Crippen LogP contribution is 2.16. The molecule has 0 spiro atoms. The van der Waals surface area contributed by atoms with E-state index in [-0.39, 0.29) is 12.5 Å². The molecule has 0 aliphatic rings. The van der Waals surface area contributed by atoms with Crippen LogP contribution in [0.25, 0.3) is 0 Å². The van der Waals surface area contributed by atoms with Crippen LogP contribution in [0.4, 0.5) is 5.69 Å². The Morgan fingerprint density at radius 2 is 1.95 bits per heavy atom. The summed E-state index contributed by atoms with van der Waals surface area (Å²) >= 11 is 0. The molecule has 0 saturated heterocycles. The second kappa shape index (κ2) is 5.71. The van der Waals surface area contributed by atoms with Crippen LogP contribution in [0.3, 0.4) is 0 Å². The highest BCUT2D eigenvalue weighted by atomic mass is 16.3. The van der Waals surface area contributed by atoms with Gasteiger partial charge in [0, 0.05) is 12.3 Å². The molecular formula is C15H17NO3. The summed E-state index contributed by atoms with van der Waals surface area (Å²) < 4.78 is 5.37. The van der Waals surface area contributed by atoms with Crippen LogP contribution in [-0.2, 0) is 6.42 Å². The molecular weight excluding hydrogens is 242 g/mol. The first-order chi connectivity index (χ1) is 9.10. The molecule has 2 aromatic rings. The van der Waals surface area contributed by atoms with Crippen LogP contribution in [0.1, 0.15) is 27.4 Å². The fourth-order valence-corrected chi connectivity index (χ4v) is 1.76. The van der Waals surface area contributed by atoms with Gasteiger partial charge in [-0.2, -0.15) is 0 Å². The van der Waals surface area contributed by atoms with E-state index in [0.29, 0.717) is 17.9 Å². The van der Waals surface area contributed by atoms with Crippen molar-refractivity contribution in [2.75, 3.05) is 11.9 Å². The number of amides is 1. The molecule has 1 aromatic carbocycles. The van der Waals surface area contributed by atoms with E-state index in [4.69, 9.17) is 9.52 Å². The van der Waals surface area contributed by atoms with Crippen molar-refractivity contribution in [2.24, 2.45) is 0 Å². The maximum Gasteiger partial charge on any atom is 0.291 e. The summed E-state index contributed by atoms with van der Waals surface area (Å²) in [5.74, 6) is 0.809. The third-order valence-corrected chi connectivity index (χ3v) is 3.00. The molecule has 0 atom stereocenters. The minimum Gasteiger partial charge on any atom is -0.456 e. The van der Waals surface area contributed by atoms with E-state index < -0.39 is 0 Å². The molecule has 1 heterocycles. The molecule has 1 amide bonds. The van der Waals surface area contributed by atoms with Crippen LogP contribution in [0.2, 0.25) is 0 Å². The topological polar surface area (TPSA) is 62.5 Å². The molecule has 0 unspecified atom stereocenters. The minimum atomic E-state index is -0.258. The summed E-state index contributed by atoms with van der Waals surface area (Å²) in [5, 5.41) is 11.6. The van der Waals surface area contributed by atoms with Gasteiger partial charge < -0.3 is 14.8 Å². The van der Waals surface area contributed by atoms with Crippen LogP contribution in [-0.4, -0.2) is 17.6 Å². The first-order valence-electron chi connectivity index (χ1n) is 6.18. The van der Waals surface area contributed by atoms with Gasteiger partial charge in [-0.15, -0.1) is 0 Å². The lowest BCUT2D eigenvalue weighted by molar-refractivity contribution is 0.0995. The summed E-state index contributed by atoms with van der Waals surface area (Å²) in [4.78, 5) is 11.9. The quantitative estimate of drug-likeness (QED) is 0.887. The van der Waals surface area contributed by atoms with E-state index >= 15 is 0 Å². The molecule has 1 aromatic heterocycles. The number of rotatable bonds is 4. The molecule has 0 aliphatic heterocycles. The van der Waals surface area contributed by atoms with Gasteiger partial charge >= 0.3 is 0 Å². The molecule has 19 heavy (non-hydrogen) atoms. The van der Waals surface area contributed by atoms with Crippen molar-refractivity contribution >= 4 is 11.6 Å².